The third-order valence-electron chi connectivity index (χ3n) is 5.48. The van der Waals surface area contributed by atoms with Gasteiger partial charge in [-0.15, -0.1) is 10.2 Å². The fraction of sp³-hybridized carbons (Fsp3) is 0.500. The minimum absolute atomic E-state index is 0.199. The van der Waals surface area contributed by atoms with Gasteiger partial charge in [-0.3, -0.25) is 4.79 Å². The molecule has 1 aliphatic heterocycles. The van der Waals surface area contributed by atoms with Crippen molar-refractivity contribution in [2.75, 3.05) is 19.6 Å². The number of hydrogen-bond donors (Lipinski definition) is 1. The van der Waals surface area contributed by atoms with Crippen molar-refractivity contribution in [3.05, 3.63) is 47.6 Å². The predicted molar refractivity (Wildman–Crippen MR) is 120 cm³/mol. The molecule has 0 saturated carbocycles. The van der Waals surface area contributed by atoms with Crippen LogP contribution in [-0.2, 0) is 34.2 Å². The van der Waals surface area contributed by atoms with Crippen molar-refractivity contribution >= 4 is 22.0 Å². The molecule has 8 nitrogen and oxygen atoms in total. The van der Waals surface area contributed by atoms with Gasteiger partial charge in [0.1, 0.15) is 11.6 Å². The zero-order chi connectivity index (χ0) is 22.3. The van der Waals surface area contributed by atoms with Crippen LogP contribution >= 0.6 is 0 Å². The fourth-order valence-electron chi connectivity index (χ4n) is 3.72. The molecule has 2 heterocycles. The molecule has 0 aliphatic carbocycles. The molecule has 1 amide bonds. The molecular weight excluding hydrogens is 414 g/mol. The van der Waals surface area contributed by atoms with Crippen LogP contribution in [0.2, 0.25) is 0 Å². The monoisotopic (exact) mass is 445 g/mol. The second-order valence-corrected chi connectivity index (χ2v) is 9.47. The van der Waals surface area contributed by atoms with Crippen LogP contribution < -0.4 is 5.32 Å². The number of carbonyl (C=O) groups excluding carboxylic acids is 1. The molecule has 2 aromatic rings. The lowest BCUT2D eigenvalue weighted by atomic mass is 10.2. The minimum atomic E-state index is -3.47. The summed E-state index contributed by atoms with van der Waals surface area (Å²) in [5.74, 6) is 1.77. The van der Waals surface area contributed by atoms with Gasteiger partial charge in [0.05, 0.1) is 4.90 Å². The standard InChI is InChI=1S/C22H31N5O3S/c1-3-26(4-2)31(29,30)19-12-9-18(10-13-19)11-14-22(28)23-16-15-21-25-24-20-8-6-5-7-17-27(20)21/h9-14H,3-8,15-17H2,1-2H3,(H,23,28)/b14-11+. The number of carbonyl (C=O) groups is 1. The third-order valence-corrected chi connectivity index (χ3v) is 7.55. The fourth-order valence-corrected chi connectivity index (χ4v) is 5.18. The van der Waals surface area contributed by atoms with Gasteiger partial charge in [0.15, 0.2) is 0 Å². The van der Waals surface area contributed by atoms with Crippen molar-refractivity contribution in [2.45, 2.75) is 57.4 Å². The lowest BCUT2D eigenvalue weighted by Crippen LogP contribution is -2.30. The second-order valence-electron chi connectivity index (χ2n) is 7.53. The summed E-state index contributed by atoms with van der Waals surface area (Å²) in [4.78, 5) is 12.4. The van der Waals surface area contributed by atoms with Crippen LogP contribution in [0.4, 0.5) is 0 Å². The van der Waals surface area contributed by atoms with Gasteiger partial charge < -0.3 is 9.88 Å². The molecule has 1 N–H and O–H groups in total. The van der Waals surface area contributed by atoms with E-state index < -0.39 is 10.0 Å². The van der Waals surface area contributed by atoms with Crippen molar-refractivity contribution in [3.63, 3.8) is 0 Å². The molecule has 0 unspecified atom stereocenters. The molecule has 1 aliphatic rings. The zero-order valence-electron chi connectivity index (χ0n) is 18.2. The van der Waals surface area contributed by atoms with E-state index in [2.05, 4.69) is 20.1 Å². The highest BCUT2D eigenvalue weighted by atomic mass is 32.2. The van der Waals surface area contributed by atoms with E-state index in [0.717, 1.165) is 43.0 Å². The second kappa shape index (κ2) is 10.7. The van der Waals surface area contributed by atoms with Crippen molar-refractivity contribution in [1.82, 2.24) is 24.4 Å². The first-order valence-corrected chi connectivity index (χ1v) is 12.4. The van der Waals surface area contributed by atoms with Crippen LogP contribution in [0.15, 0.2) is 35.2 Å². The van der Waals surface area contributed by atoms with E-state index in [4.69, 9.17) is 0 Å². The summed E-state index contributed by atoms with van der Waals surface area (Å²) >= 11 is 0. The summed E-state index contributed by atoms with van der Waals surface area (Å²) in [6.45, 7) is 5.93. The topological polar surface area (TPSA) is 97.2 Å². The SMILES string of the molecule is CCN(CC)S(=O)(=O)c1ccc(/C=C/C(=O)NCCc2nnc3n2CCCCC3)cc1. The van der Waals surface area contributed by atoms with Crippen LogP contribution in [0.3, 0.4) is 0 Å². The average Bonchev–Trinajstić information content (AvgIpc) is 2.99. The molecule has 0 radical (unpaired) electrons. The maximum Gasteiger partial charge on any atom is 0.244 e. The molecule has 0 fully saturated rings. The number of benzene rings is 1. The highest BCUT2D eigenvalue weighted by Crippen LogP contribution is 2.17. The Kier molecular flexibility index (Phi) is 7.97. The highest BCUT2D eigenvalue weighted by molar-refractivity contribution is 7.89. The summed E-state index contributed by atoms with van der Waals surface area (Å²) in [5.41, 5.74) is 0.761. The van der Waals surface area contributed by atoms with E-state index >= 15 is 0 Å². The van der Waals surface area contributed by atoms with Gasteiger partial charge in [-0.2, -0.15) is 4.31 Å². The molecule has 0 saturated heterocycles. The molecule has 0 atom stereocenters. The molecule has 0 bridgehead atoms. The van der Waals surface area contributed by atoms with E-state index in [9.17, 15) is 13.2 Å². The van der Waals surface area contributed by atoms with Crippen LogP contribution in [0.1, 0.15) is 50.3 Å². The van der Waals surface area contributed by atoms with Gasteiger partial charge in [0.25, 0.3) is 0 Å². The molecule has 168 valence electrons. The normalized spacial score (nSPS) is 14.5. The average molecular weight is 446 g/mol. The van der Waals surface area contributed by atoms with Crippen LogP contribution in [0, 0.1) is 0 Å². The number of fused-ring (bicyclic) bond motifs is 1. The van der Waals surface area contributed by atoms with E-state index in [-0.39, 0.29) is 10.8 Å². The Morgan fingerprint density at radius 1 is 1.13 bits per heavy atom. The summed E-state index contributed by atoms with van der Waals surface area (Å²) in [6, 6.07) is 6.54. The number of sulfonamides is 1. The minimum Gasteiger partial charge on any atom is -0.352 e. The Bertz CT molecular complexity index is 1010. The predicted octanol–water partition coefficient (Wildman–Crippen LogP) is 2.41. The summed E-state index contributed by atoms with van der Waals surface area (Å²) in [6.07, 6.45) is 8.25. The molecule has 1 aromatic heterocycles. The number of hydrogen-bond acceptors (Lipinski definition) is 5. The number of aromatic nitrogens is 3. The third kappa shape index (κ3) is 5.80. The Labute approximate surface area is 184 Å². The number of aryl methyl sites for hydroxylation is 1. The van der Waals surface area contributed by atoms with Gasteiger partial charge in [-0.1, -0.05) is 32.4 Å². The number of rotatable bonds is 9. The molecule has 0 spiro atoms. The Morgan fingerprint density at radius 2 is 1.87 bits per heavy atom. The maximum atomic E-state index is 12.5. The Morgan fingerprint density at radius 3 is 2.58 bits per heavy atom. The van der Waals surface area contributed by atoms with E-state index in [1.54, 1.807) is 30.3 Å². The van der Waals surface area contributed by atoms with Crippen LogP contribution in [-0.4, -0.2) is 53.0 Å². The Hall–Kier alpha value is -2.52. The molecule has 3 rings (SSSR count). The van der Waals surface area contributed by atoms with Gasteiger partial charge >= 0.3 is 0 Å². The lowest BCUT2D eigenvalue weighted by molar-refractivity contribution is -0.116. The number of nitrogens with one attached hydrogen (secondary N) is 1. The van der Waals surface area contributed by atoms with Crippen LogP contribution in [0.5, 0.6) is 0 Å². The number of nitrogens with zero attached hydrogens (tertiary/aromatic N) is 4. The van der Waals surface area contributed by atoms with E-state index in [0.29, 0.717) is 26.1 Å². The summed E-state index contributed by atoms with van der Waals surface area (Å²) in [7, 11) is -3.47. The first-order chi connectivity index (χ1) is 15.0. The van der Waals surface area contributed by atoms with Crippen molar-refractivity contribution in [3.8, 4) is 0 Å². The first kappa shape index (κ1) is 23.1. The van der Waals surface area contributed by atoms with Gasteiger partial charge in [0.2, 0.25) is 15.9 Å². The molecule has 31 heavy (non-hydrogen) atoms. The van der Waals surface area contributed by atoms with Crippen molar-refractivity contribution in [1.29, 1.82) is 0 Å². The molecule has 9 heteroatoms. The summed E-state index contributed by atoms with van der Waals surface area (Å²) in [5, 5.41) is 11.4. The van der Waals surface area contributed by atoms with Gasteiger partial charge in [0, 0.05) is 45.1 Å². The smallest absolute Gasteiger partial charge is 0.244 e. The van der Waals surface area contributed by atoms with Crippen molar-refractivity contribution in [2.24, 2.45) is 0 Å². The largest absolute Gasteiger partial charge is 0.352 e. The highest BCUT2D eigenvalue weighted by Gasteiger charge is 2.21. The zero-order valence-corrected chi connectivity index (χ0v) is 19.1. The van der Waals surface area contributed by atoms with Gasteiger partial charge in [-0.05, 0) is 36.6 Å². The Balaban J connectivity index is 1.52. The maximum absolute atomic E-state index is 12.5. The first-order valence-electron chi connectivity index (χ1n) is 10.9. The van der Waals surface area contributed by atoms with Crippen LogP contribution in [0.25, 0.3) is 6.08 Å². The molecule has 1 aromatic carbocycles. The van der Waals surface area contributed by atoms with E-state index in [1.165, 1.54) is 16.8 Å². The summed E-state index contributed by atoms with van der Waals surface area (Å²) < 4.78 is 28.7. The van der Waals surface area contributed by atoms with E-state index in [1.807, 2.05) is 13.8 Å². The van der Waals surface area contributed by atoms with Gasteiger partial charge in [-0.25, -0.2) is 8.42 Å². The number of amides is 1. The lowest BCUT2D eigenvalue weighted by Gasteiger charge is -2.18. The molecular formula is C22H31N5O3S. The van der Waals surface area contributed by atoms with Crippen molar-refractivity contribution < 1.29 is 13.2 Å². The quantitative estimate of drug-likeness (QED) is 0.598.